The fourth-order valence-corrected chi connectivity index (χ4v) is 2.95. The molecule has 2 aliphatic rings. The van der Waals surface area contributed by atoms with Crippen LogP contribution in [0.2, 0.25) is 0 Å². The molecule has 0 aliphatic heterocycles. The average molecular weight is 208 g/mol. The van der Waals surface area contributed by atoms with Crippen LogP contribution in [-0.2, 0) is 9.59 Å². The molecule has 0 aromatic carbocycles. The van der Waals surface area contributed by atoms with Crippen LogP contribution >= 0.6 is 0 Å². The molecule has 2 heteroatoms. The van der Waals surface area contributed by atoms with E-state index in [1.165, 1.54) is 25.7 Å². The molecule has 0 saturated heterocycles. The fraction of sp³-hybridized carbons (Fsp3) is 0.846. The van der Waals surface area contributed by atoms with E-state index in [1.54, 1.807) is 0 Å². The third-order valence-corrected chi connectivity index (χ3v) is 3.91. The van der Waals surface area contributed by atoms with Gasteiger partial charge < -0.3 is 0 Å². The van der Waals surface area contributed by atoms with Crippen LogP contribution in [0.3, 0.4) is 0 Å². The van der Waals surface area contributed by atoms with E-state index < -0.39 is 0 Å². The second-order valence-corrected chi connectivity index (χ2v) is 5.07. The zero-order valence-corrected chi connectivity index (χ0v) is 9.34. The number of ketones is 2. The monoisotopic (exact) mass is 208 g/mol. The van der Waals surface area contributed by atoms with Gasteiger partial charge in [-0.1, -0.05) is 25.7 Å². The Kier molecular flexibility index (Phi) is 3.55. The molecule has 2 saturated carbocycles. The molecule has 15 heavy (non-hydrogen) atoms. The van der Waals surface area contributed by atoms with Crippen molar-refractivity contribution >= 4 is 11.6 Å². The Morgan fingerprint density at radius 2 is 1.60 bits per heavy atom. The van der Waals surface area contributed by atoms with Crippen molar-refractivity contribution in [1.82, 2.24) is 0 Å². The quantitative estimate of drug-likeness (QED) is 0.654. The highest BCUT2D eigenvalue weighted by molar-refractivity contribution is 5.92. The first-order valence-corrected chi connectivity index (χ1v) is 6.33. The minimum absolute atomic E-state index is 0.0839. The first-order chi connectivity index (χ1) is 7.27. The van der Waals surface area contributed by atoms with E-state index >= 15 is 0 Å². The smallest absolute Gasteiger partial charge is 0.139 e. The van der Waals surface area contributed by atoms with Gasteiger partial charge in [0.05, 0.1) is 0 Å². The van der Waals surface area contributed by atoms with Crippen molar-refractivity contribution in [1.29, 1.82) is 0 Å². The van der Waals surface area contributed by atoms with E-state index in [0.29, 0.717) is 24.4 Å². The van der Waals surface area contributed by atoms with Gasteiger partial charge in [0, 0.05) is 24.7 Å². The summed E-state index contributed by atoms with van der Waals surface area (Å²) in [5, 5.41) is 0. The molecule has 84 valence electrons. The number of carbonyl (C=O) groups excluding carboxylic acids is 2. The summed E-state index contributed by atoms with van der Waals surface area (Å²) in [6.07, 6.45) is 9.13. The lowest BCUT2D eigenvalue weighted by atomic mass is 9.87. The van der Waals surface area contributed by atoms with Crippen molar-refractivity contribution in [2.45, 2.75) is 57.8 Å². The molecule has 0 amide bonds. The molecule has 2 fully saturated rings. The lowest BCUT2D eigenvalue weighted by Gasteiger charge is -2.16. The molecule has 0 spiro atoms. The van der Waals surface area contributed by atoms with Crippen molar-refractivity contribution < 1.29 is 9.59 Å². The summed E-state index contributed by atoms with van der Waals surface area (Å²) in [6.45, 7) is 0. The molecule has 0 radical (unpaired) electrons. The number of carbonyl (C=O) groups is 2. The number of hydrogen-bond donors (Lipinski definition) is 0. The van der Waals surface area contributed by atoms with E-state index in [4.69, 9.17) is 0 Å². The summed E-state index contributed by atoms with van der Waals surface area (Å²) < 4.78 is 0. The maximum atomic E-state index is 12.1. The van der Waals surface area contributed by atoms with Gasteiger partial charge in [0.15, 0.2) is 0 Å². The molecule has 1 atom stereocenters. The SMILES string of the molecule is O=C1CCC(C(=O)C2CCCCCC2)C1. The maximum absolute atomic E-state index is 12.1. The maximum Gasteiger partial charge on any atom is 0.139 e. The number of rotatable bonds is 2. The molecule has 0 aromatic heterocycles. The summed E-state index contributed by atoms with van der Waals surface area (Å²) in [5.41, 5.74) is 0. The third kappa shape index (κ3) is 2.67. The predicted molar refractivity (Wildman–Crippen MR) is 58.5 cm³/mol. The van der Waals surface area contributed by atoms with Gasteiger partial charge in [-0.05, 0) is 19.3 Å². The van der Waals surface area contributed by atoms with Crippen molar-refractivity contribution in [3.8, 4) is 0 Å². The minimum Gasteiger partial charge on any atom is -0.300 e. The zero-order chi connectivity index (χ0) is 10.7. The molecule has 0 heterocycles. The predicted octanol–water partition coefficient (Wildman–Crippen LogP) is 2.90. The van der Waals surface area contributed by atoms with Crippen LogP contribution < -0.4 is 0 Å². The molecule has 2 nitrogen and oxygen atoms in total. The summed E-state index contributed by atoms with van der Waals surface area (Å²) in [7, 11) is 0. The standard InChI is InChI=1S/C13H20O2/c14-12-8-7-11(9-12)13(15)10-5-3-1-2-4-6-10/h10-11H,1-9H2. The Balaban J connectivity index is 1.91. The lowest BCUT2D eigenvalue weighted by Crippen LogP contribution is -2.21. The van der Waals surface area contributed by atoms with Gasteiger partial charge >= 0.3 is 0 Å². The van der Waals surface area contributed by atoms with Crippen LogP contribution in [0.1, 0.15) is 57.8 Å². The van der Waals surface area contributed by atoms with Crippen LogP contribution in [0.4, 0.5) is 0 Å². The van der Waals surface area contributed by atoms with E-state index in [2.05, 4.69) is 0 Å². The lowest BCUT2D eigenvalue weighted by molar-refractivity contribution is -0.128. The Labute approximate surface area is 91.4 Å². The molecule has 0 bridgehead atoms. The minimum atomic E-state index is 0.0839. The normalized spacial score (nSPS) is 29.1. The molecule has 0 aromatic rings. The second kappa shape index (κ2) is 4.91. The van der Waals surface area contributed by atoms with Crippen molar-refractivity contribution in [3.63, 3.8) is 0 Å². The number of Topliss-reactive ketones (excluding diaryl/α,β-unsaturated/α-hetero) is 2. The first-order valence-electron chi connectivity index (χ1n) is 6.33. The van der Waals surface area contributed by atoms with Gasteiger partial charge in [0.2, 0.25) is 0 Å². The van der Waals surface area contributed by atoms with Crippen molar-refractivity contribution in [2.75, 3.05) is 0 Å². The van der Waals surface area contributed by atoms with Gasteiger partial charge in [-0.25, -0.2) is 0 Å². The fourth-order valence-electron chi connectivity index (χ4n) is 2.95. The van der Waals surface area contributed by atoms with Crippen LogP contribution in [0.15, 0.2) is 0 Å². The van der Waals surface area contributed by atoms with E-state index in [1.807, 2.05) is 0 Å². The highest BCUT2D eigenvalue weighted by atomic mass is 16.1. The Hall–Kier alpha value is -0.660. The van der Waals surface area contributed by atoms with Gasteiger partial charge in [-0.15, -0.1) is 0 Å². The summed E-state index contributed by atoms with van der Waals surface area (Å²) >= 11 is 0. The summed E-state index contributed by atoms with van der Waals surface area (Å²) in [6, 6.07) is 0. The molecule has 0 N–H and O–H groups in total. The Morgan fingerprint density at radius 1 is 0.933 bits per heavy atom. The van der Waals surface area contributed by atoms with Crippen LogP contribution in [0.25, 0.3) is 0 Å². The first kappa shape index (κ1) is 10.8. The topological polar surface area (TPSA) is 34.1 Å². The Bertz CT molecular complexity index is 249. The van der Waals surface area contributed by atoms with Gasteiger partial charge in [-0.3, -0.25) is 9.59 Å². The number of hydrogen-bond acceptors (Lipinski definition) is 2. The second-order valence-electron chi connectivity index (χ2n) is 5.07. The van der Waals surface area contributed by atoms with Crippen molar-refractivity contribution in [2.24, 2.45) is 11.8 Å². The van der Waals surface area contributed by atoms with Gasteiger partial charge in [0.1, 0.15) is 11.6 Å². The largest absolute Gasteiger partial charge is 0.300 e. The molecule has 1 unspecified atom stereocenters. The van der Waals surface area contributed by atoms with E-state index in [9.17, 15) is 9.59 Å². The van der Waals surface area contributed by atoms with Crippen LogP contribution in [0.5, 0.6) is 0 Å². The van der Waals surface area contributed by atoms with Crippen LogP contribution in [-0.4, -0.2) is 11.6 Å². The molecular formula is C13H20O2. The molecule has 2 aliphatic carbocycles. The Morgan fingerprint density at radius 3 is 2.13 bits per heavy atom. The van der Waals surface area contributed by atoms with E-state index in [0.717, 1.165) is 19.3 Å². The average Bonchev–Trinajstić information content (AvgIpc) is 2.53. The third-order valence-electron chi connectivity index (χ3n) is 3.91. The van der Waals surface area contributed by atoms with E-state index in [-0.39, 0.29) is 11.8 Å². The highest BCUT2D eigenvalue weighted by Crippen LogP contribution is 2.31. The van der Waals surface area contributed by atoms with Gasteiger partial charge in [-0.2, -0.15) is 0 Å². The van der Waals surface area contributed by atoms with Crippen LogP contribution in [0, 0.1) is 11.8 Å². The summed E-state index contributed by atoms with van der Waals surface area (Å²) in [4.78, 5) is 23.3. The summed E-state index contributed by atoms with van der Waals surface area (Å²) in [5.74, 6) is 1.06. The van der Waals surface area contributed by atoms with Crippen molar-refractivity contribution in [3.05, 3.63) is 0 Å². The zero-order valence-electron chi connectivity index (χ0n) is 9.34. The highest BCUT2D eigenvalue weighted by Gasteiger charge is 2.32. The molecular weight excluding hydrogens is 188 g/mol. The molecule has 2 rings (SSSR count). The van der Waals surface area contributed by atoms with Gasteiger partial charge in [0.25, 0.3) is 0 Å².